The summed E-state index contributed by atoms with van der Waals surface area (Å²) in [5.41, 5.74) is 0.907. The first-order valence-corrected chi connectivity index (χ1v) is 6.99. The number of hydrogen-bond donors (Lipinski definition) is 0. The monoisotopic (exact) mass is 299 g/mol. The van der Waals surface area contributed by atoms with Crippen molar-refractivity contribution in [1.82, 2.24) is 4.90 Å². The molecular formula is C13H18BrNO2. The molecule has 17 heavy (non-hydrogen) atoms. The van der Waals surface area contributed by atoms with E-state index in [4.69, 9.17) is 4.42 Å². The highest BCUT2D eigenvalue weighted by Gasteiger charge is 2.34. The van der Waals surface area contributed by atoms with Crippen LogP contribution in [-0.2, 0) is 0 Å². The summed E-state index contributed by atoms with van der Waals surface area (Å²) in [7, 11) is 0. The molecule has 0 aliphatic heterocycles. The Balaban J connectivity index is 2.12. The molecule has 0 radical (unpaired) electrons. The third-order valence-corrected chi connectivity index (χ3v) is 3.47. The summed E-state index contributed by atoms with van der Waals surface area (Å²) in [5, 5.41) is 0. The van der Waals surface area contributed by atoms with Crippen molar-refractivity contribution in [2.45, 2.75) is 45.6 Å². The average Bonchev–Trinajstić information content (AvgIpc) is 3.05. The van der Waals surface area contributed by atoms with Gasteiger partial charge in [0.05, 0.1) is 0 Å². The molecule has 1 amide bonds. The van der Waals surface area contributed by atoms with E-state index in [-0.39, 0.29) is 5.91 Å². The van der Waals surface area contributed by atoms with Gasteiger partial charge >= 0.3 is 0 Å². The van der Waals surface area contributed by atoms with Crippen LogP contribution < -0.4 is 0 Å². The molecule has 0 spiro atoms. The second kappa shape index (κ2) is 5.25. The highest BCUT2D eigenvalue weighted by atomic mass is 79.9. The van der Waals surface area contributed by atoms with Crippen LogP contribution in [0, 0.1) is 6.92 Å². The molecule has 0 atom stereocenters. The lowest BCUT2D eigenvalue weighted by Crippen LogP contribution is -2.34. The van der Waals surface area contributed by atoms with Crippen LogP contribution >= 0.6 is 15.9 Å². The molecule has 94 valence electrons. The first-order valence-electron chi connectivity index (χ1n) is 6.20. The molecule has 1 fully saturated rings. The first kappa shape index (κ1) is 12.7. The van der Waals surface area contributed by atoms with E-state index < -0.39 is 0 Å². The quantitative estimate of drug-likeness (QED) is 0.829. The second-order valence-corrected chi connectivity index (χ2v) is 5.43. The van der Waals surface area contributed by atoms with Crippen molar-refractivity contribution in [1.29, 1.82) is 0 Å². The number of carbonyl (C=O) groups excluding carboxylic acids is 1. The lowest BCUT2D eigenvalue weighted by atomic mass is 10.2. The van der Waals surface area contributed by atoms with Gasteiger partial charge in [0.1, 0.15) is 0 Å². The van der Waals surface area contributed by atoms with E-state index in [1.54, 1.807) is 0 Å². The maximum Gasteiger partial charge on any atom is 0.290 e. The van der Waals surface area contributed by atoms with Crippen molar-refractivity contribution < 1.29 is 9.21 Å². The number of rotatable bonds is 5. The van der Waals surface area contributed by atoms with Gasteiger partial charge in [-0.1, -0.05) is 13.3 Å². The Morgan fingerprint density at radius 1 is 1.59 bits per heavy atom. The zero-order valence-electron chi connectivity index (χ0n) is 10.3. The van der Waals surface area contributed by atoms with E-state index in [2.05, 4.69) is 22.9 Å². The molecule has 0 N–H and O–H groups in total. The predicted octanol–water partition coefficient (Wildman–Crippen LogP) is 3.76. The zero-order valence-corrected chi connectivity index (χ0v) is 11.9. The number of furan rings is 1. The van der Waals surface area contributed by atoms with Crippen molar-refractivity contribution >= 4 is 21.8 Å². The fraction of sp³-hybridized carbons (Fsp3) is 0.615. The lowest BCUT2D eigenvalue weighted by Gasteiger charge is -2.21. The van der Waals surface area contributed by atoms with Crippen LogP contribution in [0.25, 0.3) is 0 Å². The van der Waals surface area contributed by atoms with Crippen LogP contribution in [0.4, 0.5) is 0 Å². The molecule has 4 heteroatoms. The highest BCUT2D eigenvalue weighted by molar-refractivity contribution is 9.10. The molecule has 1 heterocycles. The summed E-state index contributed by atoms with van der Waals surface area (Å²) in [6.45, 7) is 4.90. The Morgan fingerprint density at radius 3 is 2.76 bits per heavy atom. The number of carbonyl (C=O) groups is 1. The topological polar surface area (TPSA) is 33.5 Å². The minimum Gasteiger partial charge on any atom is -0.444 e. The van der Waals surface area contributed by atoms with Gasteiger partial charge < -0.3 is 9.32 Å². The average molecular weight is 300 g/mol. The Morgan fingerprint density at radius 2 is 2.29 bits per heavy atom. The van der Waals surface area contributed by atoms with E-state index in [0.29, 0.717) is 16.5 Å². The van der Waals surface area contributed by atoms with E-state index >= 15 is 0 Å². The number of nitrogens with zero attached hydrogens (tertiary/aromatic N) is 1. The molecule has 0 unspecified atom stereocenters. The number of unbranched alkanes of at least 4 members (excludes halogenated alkanes) is 1. The Hall–Kier alpha value is -0.770. The summed E-state index contributed by atoms with van der Waals surface area (Å²) in [5.74, 6) is 0.532. The summed E-state index contributed by atoms with van der Waals surface area (Å²) in [4.78, 5) is 14.4. The Bertz CT molecular complexity index is 410. The van der Waals surface area contributed by atoms with Gasteiger partial charge in [-0.05, 0) is 48.2 Å². The maximum atomic E-state index is 12.4. The third kappa shape index (κ3) is 2.92. The van der Waals surface area contributed by atoms with Crippen LogP contribution in [0.3, 0.4) is 0 Å². The van der Waals surface area contributed by atoms with Crippen molar-refractivity contribution in [3.63, 3.8) is 0 Å². The Labute approximate surface area is 110 Å². The lowest BCUT2D eigenvalue weighted by molar-refractivity contribution is 0.0706. The van der Waals surface area contributed by atoms with E-state index in [1.165, 1.54) is 0 Å². The highest BCUT2D eigenvalue weighted by Crippen LogP contribution is 2.30. The molecule has 1 aliphatic carbocycles. The van der Waals surface area contributed by atoms with Crippen LogP contribution in [0.1, 0.15) is 48.7 Å². The Kier molecular flexibility index (Phi) is 3.92. The van der Waals surface area contributed by atoms with Gasteiger partial charge in [0.25, 0.3) is 5.91 Å². The van der Waals surface area contributed by atoms with E-state index in [0.717, 1.165) is 37.8 Å². The van der Waals surface area contributed by atoms with Gasteiger partial charge in [0.15, 0.2) is 10.4 Å². The van der Waals surface area contributed by atoms with Gasteiger partial charge in [-0.25, -0.2) is 0 Å². The molecule has 1 aromatic rings. The van der Waals surface area contributed by atoms with Crippen molar-refractivity contribution in [3.05, 3.63) is 22.1 Å². The summed E-state index contributed by atoms with van der Waals surface area (Å²) >= 11 is 3.27. The van der Waals surface area contributed by atoms with Crippen LogP contribution in [-0.4, -0.2) is 23.4 Å². The van der Waals surface area contributed by atoms with Gasteiger partial charge in [-0.2, -0.15) is 0 Å². The minimum absolute atomic E-state index is 0.0455. The zero-order chi connectivity index (χ0) is 12.4. The van der Waals surface area contributed by atoms with Gasteiger partial charge in [0, 0.05) is 18.2 Å². The summed E-state index contributed by atoms with van der Waals surface area (Å²) in [6, 6.07) is 2.29. The normalized spacial score (nSPS) is 15.0. The van der Waals surface area contributed by atoms with Crippen LogP contribution in [0.5, 0.6) is 0 Å². The van der Waals surface area contributed by atoms with Crippen LogP contribution in [0.15, 0.2) is 15.2 Å². The number of halogens is 1. The van der Waals surface area contributed by atoms with Gasteiger partial charge in [-0.3, -0.25) is 4.79 Å². The van der Waals surface area contributed by atoms with Crippen molar-refractivity contribution in [2.75, 3.05) is 6.54 Å². The fourth-order valence-corrected chi connectivity index (χ4v) is 2.46. The maximum absolute atomic E-state index is 12.4. The van der Waals surface area contributed by atoms with Gasteiger partial charge in [0.2, 0.25) is 0 Å². The second-order valence-electron chi connectivity index (χ2n) is 4.65. The minimum atomic E-state index is 0.0455. The standard InChI is InChI=1S/C13H18BrNO2/c1-3-4-7-15(10-5-6-10)13(16)12-9(2)8-11(14)17-12/h8,10H,3-7H2,1-2H3. The SMILES string of the molecule is CCCCN(C(=O)c1oc(Br)cc1C)C1CC1. The largest absolute Gasteiger partial charge is 0.444 e. The smallest absolute Gasteiger partial charge is 0.290 e. The molecule has 2 rings (SSSR count). The first-order chi connectivity index (χ1) is 8.13. The summed E-state index contributed by atoms with van der Waals surface area (Å²) in [6.07, 6.45) is 4.44. The molecule has 3 nitrogen and oxygen atoms in total. The van der Waals surface area contributed by atoms with E-state index in [9.17, 15) is 4.79 Å². The molecule has 1 saturated carbocycles. The molecule has 0 aromatic carbocycles. The molecular weight excluding hydrogens is 282 g/mol. The molecule has 1 aliphatic rings. The van der Waals surface area contributed by atoms with E-state index in [1.807, 2.05) is 17.9 Å². The molecule has 0 bridgehead atoms. The number of hydrogen-bond acceptors (Lipinski definition) is 2. The number of amides is 1. The van der Waals surface area contributed by atoms with Gasteiger partial charge in [-0.15, -0.1) is 0 Å². The molecule has 0 saturated heterocycles. The third-order valence-electron chi connectivity index (χ3n) is 3.08. The van der Waals surface area contributed by atoms with Crippen LogP contribution in [0.2, 0.25) is 0 Å². The fourth-order valence-electron chi connectivity index (χ4n) is 1.95. The number of aryl methyl sites for hydroxylation is 1. The predicted molar refractivity (Wildman–Crippen MR) is 70.1 cm³/mol. The van der Waals surface area contributed by atoms with Crippen molar-refractivity contribution in [3.8, 4) is 0 Å². The summed E-state index contributed by atoms with van der Waals surface area (Å²) < 4.78 is 6.07. The molecule has 1 aromatic heterocycles. The van der Waals surface area contributed by atoms with Crippen molar-refractivity contribution in [2.24, 2.45) is 0 Å².